The van der Waals surface area contributed by atoms with E-state index in [4.69, 9.17) is 0 Å². The van der Waals surface area contributed by atoms with Crippen molar-refractivity contribution in [2.24, 2.45) is 0 Å². The molecule has 0 aromatic carbocycles. The van der Waals surface area contributed by atoms with Gasteiger partial charge in [0.15, 0.2) is 0 Å². The van der Waals surface area contributed by atoms with Gasteiger partial charge in [0.25, 0.3) is 0 Å². The molecule has 1 saturated heterocycles. The van der Waals surface area contributed by atoms with Crippen LogP contribution in [0.5, 0.6) is 0 Å². The zero-order valence-electron chi connectivity index (χ0n) is 13.0. The van der Waals surface area contributed by atoms with Crippen LogP contribution in [0.15, 0.2) is 0 Å². The van der Waals surface area contributed by atoms with Crippen molar-refractivity contribution in [1.82, 2.24) is 4.90 Å². The molecular weight excluding hydrogens is 234 g/mol. The van der Waals surface area contributed by atoms with Gasteiger partial charge in [-0.15, -0.1) is 0 Å². The quantitative estimate of drug-likeness (QED) is 0.514. The molecule has 112 valence electrons. The highest BCUT2D eigenvalue weighted by molar-refractivity contribution is 5.76. The first-order valence-electron chi connectivity index (χ1n) is 8.62. The summed E-state index contributed by atoms with van der Waals surface area (Å²) in [4.78, 5) is 13.9. The van der Waals surface area contributed by atoms with Gasteiger partial charge in [0, 0.05) is 19.5 Å². The minimum atomic E-state index is 0.400. The molecule has 2 nitrogen and oxygen atoms in total. The minimum absolute atomic E-state index is 0.400. The number of nitrogens with zero attached hydrogens (tertiary/aromatic N) is 1. The molecule has 0 atom stereocenters. The Morgan fingerprint density at radius 1 is 0.842 bits per heavy atom. The van der Waals surface area contributed by atoms with Gasteiger partial charge in [0.2, 0.25) is 5.91 Å². The summed E-state index contributed by atoms with van der Waals surface area (Å²) in [6.07, 6.45) is 16.6. The monoisotopic (exact) mass is 267 g/mol. The summed E-state index contributed by atoms with van der Waals surface area (Å²) < 4.78 is 0. The van der Waals surface area contributed by atoms with Crippen LogP contribution >= 0.6 is 0 Å². The molecule has 19 heavy (non-hydrogen) atoms. The Kier molecular flexibility index (Phi) is 9.84. The number of rotatable bonds is 10. The lowest BCUT2D eigenvalue weighted by molar-refractivity contribution is -0.130. The van der Waals surface area contributed by atoms with Crippen LogP contribution in [-0.4, -0.2) is 23.9 Å². The summed E-state index contributed by atoms with van der Waals surface area (Å²) in [5.74, 6) is 0.400. The van der Waals surface area contributed by atoms with Crippen LogP contribution in [0, 0.1) is 0 Å². The molecule has 1 amide bonds. The predicted octanol–water partition coefficient (Wildman–Crippen LogP) is 4.92. The Morgan fingerprint density at radius 2 is 1.47 bits per heavy atom. The van der Waals surface area contributed by atoms with Crippen LogP contribution < -0.4 is 0 Å². The molecule has 2 heteroatoms. The van der Waals surface area contributed by atoms with E-state index >= 15 is 0 Å². The molecule has 0 unspecified atom stereocenters. The van der Waals surface area contributed by atoms with Gasteiger partial charge in [-0.25, -0.2) is 0 Å². The average Bonchev–Trinajstić information content (AvgIpc) is 2.62. The summed E-state index contributed by atoms with van der Waals surface area (Å²) in [6.45, 7) is 4.29. The Morgan fingerprint density at radius 3 is 2.16 bits per heavy atom. The fourth-order valence-corrected chi connectivity index (χ4v) is 2.89. The second kappa shape index (κ2) is 11.3. The van der Waals surface area contributed by atoms with Crippen molar-refractivity contribution < 1.29 is 4.79 Å². The van der Waals surface area contributed by atoms with Crippen molar-refractivity contribution in [3.8, 4) is 0 Å². The summed E-state index contributed by atoms with van der Waals surface area (Å²) >= 11 is 0. The summed E-state index contributed by atoms with van der Waals surface area (Å²) in [6, 6.07) is 0. The van der Waals surface area contributed by atoms with Gasteiger partial charge >= 0.3 is 0 Å². The first-order chi connectivity index (χ1) is 9.34. The molecule has 0 spiro atoms. The van der Waals surface area contributed by atoms with Crippen molar-refractivity contribution >= 4 is 5.91 Å². The van der Waals surface area contributed by atoms with E-state index < -0.39 is 0 Å². The molecule has 0 radical (unpaired) electrons. The summed E-state index contributed by atoms with van der Waals surface area (Å²) in [5, 5.41) is 0. The van der Waals surface area contributed by atoms with Gasteiger partial charge in [-0.3, -0.25) is 4.79 Å². The van der Waals surface area contributed by atoms with Crippen LogP contribution in [0.25, 0.3) is 0 Å². The molecule has 1 aliphatic heterocycles. The van der Waals surface area contributed by atoms with Crippen molar-refractivity contribution in [2.45, 2.75) is 90.4 Å². The van der Waals surface area contributed by atoms with Gasteiger partial charge in [0.05, 0.1) is 0 Å². The number of unbranched alkanes of at least 4 members (excludes halogenated alkanes) is 8. The van der Waals surface area contributed by atoms with Crippen molar-refractivity contribution in [2.75, 3.05) is 13.1 Å². The maximum absolute atomic E-state index is 11.8. The van der Waals surface area contributed by atoms with E-state index in [0.29, 0.717) is 5.91 Å². The second-order valence-electron chi connectivity index (χ2n) is 6.02. The maximum Gasteiger partial charge on any atom is 0.222 e. The molecular formula is C17H33NO. The number of hydrogen-bond donors (Lipinski definition) is 0. The van der Waals surface area contributed by atoms with Crippen LogP contribution in [0.4, 0.5) is 0 Å². The fourth-order valence-electron chi connectivity index (χ4n) is 2.89. The second-order valence-corrected chi connectivity index (χ2v) is 6.02. The predicted molar refractivity (Wildman–Crippen MR) is 82.3 cm³/mol. The highest BCUT2D eigenvalue weighted by Crippen LogP contribution is 2.13. The zero-order valence-corrected chi connectivity index (χ0v) is 13.0. The van der Waals surface area contributed by atoms with E-state index in [-0.39, 0.29) is 0 Å². The van der Waals surface area contributed by atoms with E-state index in [1.807, 2.05) is 0 Å². The van der Waals surface area contributed by atoms with Crippen LogP contribution in [-0.2, 0) is 4.79 Å². The normalized spacial score (nSPS) is 16.7. The Hall–Kier alpha value is -0.530. The van der Waals surface area contributed by atoms with Crippen LogP contribution in [0.3, 0.4) is 0 Å². The molecule has 0 N–H and O–H groups in total. The van der Waals surface area contributed by atoms with Crippen molar-refractivity contribution in [3.63, 3.8) is 0 Å². The van der Waals surface area contributed by atoms with Gasteiger partial charge in [0.1, 0.15) is 0 Å². The smallest absolute Gasteiger partial charge is 0.222 e. The summed E-state index contributed by atoms with van der Waals surface area (Å²) in [5.41, 5.74) is 0. The van der Waals surface area contributed by atoms with Gasteiger partial charge in [-0.05, 0) is 19.3 Å². The maximum atomic E-state index is 11.8. The van der Waals surface area contributed by atoms with Crippen molar-refractivity contribution in [1.29, 1.82) is 0 Å². The molecule has 1 aliphatic rings. The molecule has 1 fully saturated rings. The van der Waals surface area contributed by atoms with E-state index in [1.54, 1.807) is 0 Å². The molecule has 0 bridgehead atoms. The molecule has 0 aliphatic carbocycles. The molecule has 0 aromatic heterocycles. The number of amides is 1. The van der Waals surface area contributed by atoms with Crippen LogP contribution in [0.1, 0.15) is 90.4 Å². The number of carbonyl (C=O) groups excluding carboxylic acids is 1. The number of carbonyl (C=O) groups is 1. The third kappa shape index (κ3) is 8.28. The zero-order chi connectivity index (χ0) is 13.8. The number of likely N-dealkylation sites (tertiary alicyclic amines) is 1. The van der Waals surface area contributed by atoms with E-state index in [9.17, 15) is 4.79 Å². The third-order valence-corrected chi connectivity index (χ3v) is 4.20. The highest BCUT2D eigenvalue weighted by Gasteiger charge is 2.15. The van der Waals surface area contributed by atoms with Gasteiger partial charge in [-0.1, -0.05) is 64.7 Å². The Bertz CT molecular complexity index is 227. The van der Waals surface area contributed by atoms with Crippen LogP contribution in [0.2, 0.25) is 0 Å². The highest BCUT2D eigenvalue weighted by atomic mass is 16.2. The summed E-state index contributed by atoms with van der Waals surface area (Å²) in [7, 11) is 0. The minimum Gasteiger partial charge on any atom is -0.343 e. The lowest BCUT2D eigenvalue weighted by Gasteiger charge is -2.20. The lowest BCUT2D eigenvalue weighted by Crippen LogP contribution is -2.31. The van der Waals surface area contributed by atoms with Gasteiger partial charge in [-0.2, -0.15) is 0 Å². The Labute approximate surface area is 119 Å². The van der Waals surface area contributed by atoms with E-state index in [0.717, 1.165) is 25.9 Å². The SMILES string of the molecule is CCCCCCCCCCCN1CCCCCC1=O. The number of hydrogen-bond acceptors (Lipinski definition) is 1. The first kappa shape index (κ1) is 16.5. The molecule has 0 saturated carbocycles. The topological polar surface area (TPSA) is 20.3 Å². The standard InChI is InChI=1S/C17H33NO/c1-2-3-4-5-6-7-8-9-12-15-18-16-13-10-11-14-17(18)19/h2-16H2,1H3. The van der Waals surface area contributed by atoms with E-state index in [2.05, 4.69) is 11.8 Å². The molecule has 1 rings (SSSR count). The third-order valence-electron chi connectivity index (χ3n) is 4.20. The molecule has 0 aromatic rings. The average molecular weight is 267 g/mol. The lowest BCUT2D eigenvalue weighted by atomic mass is 10.1. The Balaban J connectivity index is 1.91. The fraction of sp³-hybridized carbons (Fsp3) is 0.941. The van der Waals surface area contributed by atoms with Crippen molar-refractivity contribution in [3.05, 3.63) is 0 Å². The first-order valence-corrected chi connectivity index (χ1v) is 8.62. The van der Waals surface area contributed by atoms with Gasteiger partial charge < -0.3 is 4.90 Å². The van der Waals surface area contributed by atoms with E-state index in [1.165, 1.54) is 70.6 Å². The largest absolute Gasteiger partial charge is 0.343 e. The molecule has 1 heterocycles.